The second-order valence-electron chi connectivity index (χ2n) is 8.33. The van der Waals surface area contributed by atoms with Crippen LogP contribution in [-0.4, -0.2) is 48.2 Å². The van der Waals surface area contributed by atoms with Crippen LogP contribution in [0.3, 0.4) is 0 Å². The molecule has 4 rings (SSSR count). The van der Waals surface area contributed by atoms with Crippen LogP contribution in [0, 0.1) is 5.82 Å². The van der Waals surface area contributed by atoms with Crippen molar-refractivity contribution in [3.63, 3.8) is 0 Å². The molecular weight excluding hydrogens is 431 g/mol. The highest BCUT2D eigenvalue weighted by atomic mass is 32.2. The third-order valence-electron chi connectivity index (χ3n) is 5.39. The Morgan fingerprint density at radius 1 is 1.09 bits per heavy atom. The van der Waals surface area contributed by atoms with E-state index in [-0.39, 0.29) is 22.9 Å². The average molecular weight is 459 g/mol. The SMILES string of the molecule is CC1CN(Cc2cn(Cc3cccc(F)c3)c(-c3ccc(S(N)(=O)=O)cc3)n2)CC(C)O1. The molecule has 2 heterocycles. The van der Waals surface area contributed by atoms with Crippen LogP contribution in [0.25, 0.3) is 11.4 Å². The van der Waals surface area contributed by atoms with Gasteiger partial charge in [0, 0.05) is 37.9 Å². The fourth-order valence-corrected chi connectivity index (χ4v) is 4.68. The zero-order valence-electron chi connectivity index (χ0n) is 18.1. The van der Waals surface area contributed by atoms with Gasteiger partial charge in [-0.25, -0.2) is 22.9 Å². The lowest BCUT2D eigenvalue weighted by Crippen LogP contribution is -2.44. The third kappa shape index (κ3) is 5.42. The van der Waals surface area contributed by atoms with E-state index in [0.29, 0.717) is 18.9 Å². The first-order valence-corrected chi connectivity index (χ1v) is 12.0. The van der Waals surface area contributed by atoms with Crippen molar-refractivity contribution in [1.82, 2.24) is 14.5 Å². The number of aromatic nitrogens is 2. The van der Waals surface area contributed by atoms with E-state index in [1.807, 2.05) is 16.8 Å². The number of morpholine rings is 1. The van der Waals surface area contributed by atoms with Gasteiger partial charge in [-0.2, -0.15) is 0 Å². The molecule has 9 heteroatoms. The van der Waals surface area contributed by atoms with Crippen molar-refractivity contribution in [2.75, 3.05) is 13.1 Å². The molecule has 1 aliphatic heterocycles. The lowest BCUT2D eigenvalue weighted by molar-refractivity contribution is -0.0707. The van der Waals surface area contributed by atoms with Gasteiger partial charge in [0.1, 0.15) is 11.6 Å². The summed E-state index contributed by atoms with van der Waals surface area (Å²) in [5, 5.41) is 5.22. The van der Waals surface area contributed by atoms with Gasteiger partial charge in [-0.15, -0.1) is 0 Å². The highest BCUT2D eigenvalue weighted by Crippen LogP contribution is 2.24. The van der Waals surface area contributed by atoms with E-state index in [0.717, 1.165) is 29.9 Å². The van der Waals surface area contributed by atoms with E-state index >= 15 is 0 Å². The highest BCUT2D eigenvalue weighted by Gasteiger charge is 2.23. The van der Waals surface area contributed by atoms with Crippen LogP contribution in [0.1, 0.15) is 25.1 Å². The standard InChI is InChI=1S/C23H27FN4O3S/c1-16-11-27(12-17(2)31-16)14-21-15-28(13-18-4-3-5-20(24)10-18)23(26-21)19-6-8-22(9-7-19)32(25,29)30/h3-10,15-17H,11-14H2,1-2H3,(H2,25,29,30). The molecule has 0 aliphatic carbocycles. The van der Waals surface area contributed by atoms with Crippen LogP contribution >= 0.6 is 0 Å². The summed E-state index contributed by atoms with van der Waals surface area (Å²) in [6.07, 6.45) is 2.27. The summed E-state index contributed by atoms with van der Waals surface area (Å²) in [7, 11) is -3.78. The molecule has 170 valence electrons. The molecule has 32 heavy (non-hydrogen) atoms. The number of nitrogens with two attached hydrogens (primary N) is 1. The van der Waals surface area contributed by atoms with Gasteiger partial charge in [0.25, 0.3) is 0 Å². The van der Waals surface area contributed by atoms with Gasteiger partial charge in [0.15, 0.2) is 0 Å². The van der Waals surface area contributed by atoms with Crippen LogP contribution in [-0.2, 0) is 27.8 Å². The van der Waals surface area contributed by atoms with Crippen LogP contribution in [0.2, 0.25) is 0 Å². The molecule has 1 aliphatic rings. The number of ether oxygens (including phenoxy) is 1. The Balaban J connectivity index is 1.66. The van der Waals surface area contributed by atoms with Crippen LogP contribution in [0.15, 0.2) is 59.6 Å². The van der Waals surface area contributed by atoms with E-state index < -0.39 is 10.0 Å². The van der Waals surface area contributed by atoms with Crippen molar-refractivity contribution in [3.8, 4) is 11.4 Å². The normalized spacial score (nSPS) is 19.9. The number of sulfonamides is 1. The molecule has 0 amide bonds. The maximum absolute atomic E-state index is 13.7. The molecule has 7 nitrogen and oxygen atoms in total. The topological polar surface area (TPSA) is 90.5 Å². The summed E-state index contributed by atoms with van der Waals surface area (Å²) >= 11 is 0. The Hall–Kier alpha value is -2.59. The van der Waals surface area contributed by atoms with E-state index in [1.165, 1.54) is 24.3 Å². The molecule has 3 aromatic rings. The predicted molar refractivity (Wildman–Crippen MR) is 120 cm³/mol. The summed E-state index contributed by atoms with van der Waals surface area (Å²) in [6, 6.07) is 12.8. The molecule has 0 bridgehead atoms. The third-order valence-corrected chi connectivity index (χ3v) is 6.32. The van der Waals surface area contributed by atoms with Crippen molar-refractivity contribution in [3.05, 3.63) is 71.8 Å². The first-order chi connectivity index (χ1) is 15.2. The molecule has 2 unspecified atom stereocenters. The first kappa shape index (κ1) is 22.6. The van der Waals surface area contributed by atoms with Gasteiger partial charge in [0.2, 0.25) is 10.0 Å². The quantitative estimate of drug-likeness (QED) is 0.613. The lowest BCUT2D eigenvalue weighted by Gasteiger charge is -2.34. The summed E-state index contributed by atoms with van der Waals surface area (Å²) in [4.78, 5) is 7.19. The largest absolute Gasteiger partial charge is 0.373 e. The molecular formula is C23H27FN4O3S. The Morgan fingerprint density at radius 3 is 2.41 bits per heavy atom. The molecule has 1 fully saturated rings. The molecule has 2 atom stereocenters. The van der Waals surface area contributed by atoms with Gasteiger partial charge >= 0.3 is 0 Å². The number of nitrogens with zero attached hydrogens (tertiary/aromatic N) is 3. The summed E-state index contributed by atoms with van der Waals surface area (Å²) in [6.45, 7) is 6.86. The van der Waals surface area contributed by atoms with Crippen molar-refractivity contribution in [2.24, 2.45) is 5.14 Å². The van der Waals surface area contributed by atoms with Crippen molar-refractivity contribution >= 4 is 10.0 Å². The van der Waals surface area contributed by atoms with E-state index in [9.17, 15) is 12.8 Å². The minimum Gasteiger partial charge on any atom is -0.373 e. The summed E-state index contributed by atoms with van der Waals surface area (Å²) < 4.78 is 44.7. The van der Waals surface area contributed by atoms with E-state index in [2.05, 4.69) is 18.7 Å². The number of rotatable bonds is 6. The maximum atomic E-state index is 13.7. The molecule has 0 spiro atoms. The Bertz CT molecular complexity index is 1180. The van der Waals surface area contributed by atoms with Crippen LogP contribution in [0.5, 0.6) is 0 Å². The minimum atomic E-state index is -3.78. The smallest absolute Gasteiger partial charge is 0.238 e. The second kappa shape index (κ2) is 9.11. The number of hydrogen-bond acceptors (Lipinski definition) is 5. The zero-order valence-corrected chi connectivity index (χ0v) is 18.9. The number of primary sulfonamides is 1. The van der Waals surface area contributed by atoms with Crippen molar-refractivity contribution < 1.29 is 17.5 Å². The Kier molecular flexibility index (Phi) is 6.43. The van der Waals surface area contributed by atoms with Gasteiger partial charge in [0.05, 0.1) is 22.8 Å². The lowest BCUT2D eigenvalue weighted by atomic mass is 10.2. The number of halogens is 1. The molecule has 2 aromatic carbocycles. The van der Waals surface area contributed by atoms with Crippen molar-refractivity contribution in [1.29, 1.82) is 0 Å². The van der Waals surface area contributed by atoms with E-state index in [1.54, 1.807) is 18.2 Å². The van der Waals surface area contributed by atoms with Crippen LogP contribution in [0.4, 0.5) is 4.39 Å². The monoisotopic (exact) mass is 458 g/mol. The Morgan fingerprint density at radius 2 is 1.78 bits per heavy atom. The molecule has 2 N–H and O–H groups in total. The van der Waals surface area contributed by atoms with Crippen molar-refractivity contribution in [2.45, 2.75) is 44.0 Å². The second-order valence-corrected chi connectivity index (χ2v) is 9.90. The zero-order chi connectivity index (χ0) is 22.9. The Labute approximate surface area is 187 Å². The number of hydrogen-bond donors (Lipinski definition) is 1. The number of benzene rings is 2. The molecule has 1 saturated heterocycles. The van der Waals surface area contributed by atoms with Gasteiger partial charge in [-0.1, -0.05) is 12.1 Å². The van der Waals surface area contributed by atoms with Gasteiger partial charge < -0.3 is 9.30 Å². The fourth-order valence-electron chi connectivity index (χ4n) is 4.17. The van der Waals surface area contributed by atoms with Gasteiger partial charge in [-0.05, 0) is 55.8 Å². The molecule has 0 saturated carbocycles. The number of imidazole rings is 1. The molecule has 1 aromatic heterocycles. The van der Waals surface area contributed by atoms with Crippen LogP contribution < -0.4 is 5.14 Å². The van der Waals surface area contributed by atoms with Gasteiger partial charge in [-0.3, -0.25) is 4.90 Å². The average Bonchev–Trinajstić information content (AvgIpc) is 3.08. The molecule has 0 radical (unpaired) electrons. The summed E-state index contributed by atoms with van der Waals surface area (Å²) in [5.41, 5.74) is 2.45. The highest BCUT2D eigenvalue weighted by molar-refractivity contribution is 7.89. The van der Waals surface area contributed by atoms with E-state index in [4.69, 9.17) is 14.9 Å². The maximum Gasteiger partial charge on any atom is 0.238 e. The first-order valence-electron chi connectivity index (χ1n) is 10.5. The minimum absolute atomic E-state index is 0.0426. The summed E-state index contributed by atoms with van der Waals surface area (Å²) in [5.74, 6) is 0.387. The fraction of sp³-hybridized carbons (Fsp3) is 0.348. The predicted octanol–water partition coefficient (Wildman–Crippen LogP) is 2.99.